The van der Waals surface area contributed by atoms with Crippen molar-refractivity contribution < 1.29 is 13.5 Å². The summed E-state index contributed by atoms with van der Waals surface area (Å²) in [5.74, 6) is 0.185. The van der Waals surface area contributed by atoms with Crippen molar-refractivity contribution in [3.8, 4) is 5.75 Å². The average Bonchev–Trinajstić information content (AvgIpc) is 2.29. The Morgan fingerprint density at radius 3 is 2.59 bits per heavy atom. The number of rotatable bonds is 3. The summed E-state index contributed by atoms with van der Waals surface area (Å²) in [7, 11) is 0. The van der Waals surface area contributed by atoms with Crippen LogP contribution in [0.3, 0.4) is 0 Å². The number of hydrogen-bond acceptors (Lipinski definition) is 3. The maximum absolute atomic E-state index is 12.0. The largest absolute Gasteiger partial charge is 0.435 e. The zero-order chi connectivity index (χ0) is 12.3. The third kappa shape index (κ3) is 3.30. The summed E-state index contributed by atoms with van der Waals surface area (Å²) in [6.45, 7) is -0.998. The van der Waals surface area contributed by atoms with Crippen LogP contribution in [0, 0.1) is 0 Å². The quantitative estimate of drug-likeness (QED) is 0.883. The Balaban J connectivity index is 2.01. The second-order valence-corrected chi connectivity index (χ2v) is 4.22. The van der Waals surface area contributed by atoms with E-state index in [1.165, 1.54) is 0 Å². The molecule has 1 aliphatic rings. The van der Waals surface area contributed by atoms with Crippen molar-refractivity contribution in [1.82, 2.24) is 0 Å². The van der Waals surface area contributed by atoms with Gasteiger partial charge in [0.1, 0.15) is 5.75 Å². The SMILES string of the molecule is NC1CCCN(c2ccc(OC(F)F)cc2)C1. The van der Waals surface area contributed by atoms with Gasteiger partial charge in [-0.1, -0.05) is 0 Å². The van der Waals surface area contributed by atoms with Gasteiger partial charge in [-0.05, 0) is 37.1 Å². The third-order valence-electron chi connectivity index (χ3n) is 2.88. The Bertz CT molecular complexity index is 356. The van der Waals surface area contributed by atoms with Gasteiger partial charge in [0.2, 0.25) is 0 Å². The molecule has 2 rings (SSSR count). The van der Waals surface area contributed by atoms with Gasteiger partial charge in [0.05, 0.1) is 0 Å². The van der Waals surface area contributed by atoms with Crippen molar-refractivity contribution in [2.24, 2.45) is 5.73 Å². The van der Waals surface area contributed by atoms with Crippen molar-refractivity contribution in [2.75, 3.05) is 18.0 Å². The number of nitrogens with zero attached hydrogens (tertiary/aromatic N) is 1. The van der Waals surface area contributed by atoms with Gasteiger partial charge in [-0.2, -0.15) is 8.78 Å². The average molecular weight is 242 g/mol. The summed E-state index contributed by atoms with van der Waals surface area (Å²) in [5.41, 5.74) is 6.89. The van der Waals surface area contributed by atoms with E-state index in [1.54, 1.807) is 24.3 Å². The molecule has 1 atom stereocenters. The number of hydrogen-bond donors (Lipinski definition) is 1. The molecule has 1 aliphatic heterocycles. The Kier molecular flexibility index (Phi) is 3.78. The Labute approximate surface area is 99.2 Å². The Hall–Kier alpha value is -1.36. The monoisotopic (exact) mass is 242 g/mol. The van der Waals surface area contributed by atoms with E-state index < -0.39 is 6.61 Å². The van der Waals surface area contributed by atoms with Gasteiger partial charge in [0.25, 0.3) is 0 Å². The second kappa shape index (κ2) is 5.31. The van der Waals surface area contributed by atoms with Crippen molar-refractivity contribution >= 4 is 5.69 Å². The molecule has 1 saturated heterocycles. The minimum Gasteiger partial charge on any atom is -0.435 e. The number of anilines is 1. The molecule has 1 fully saturated rings. The van der Waals surface area contributed by atoms with Gasteiger partial charge < -0.3 is 15.4 Å². The predicted octanol–water partition coefficient (Wildman–Crippen LogP) is 2.22. The number of halogens is 2. The lowest BCUT2D eigenvalue weighted by molar-refractivity contribution is -0.0498. The molecule has 0 radical (unpaired) electrons. The molecule has 3 nitrogen and oxygen atoms in total. The van der Waals surface area contributed by atoms with Crippen molar-refractivity contribution in [1.29, 1.82) is 0 Å². The predicted molar refractivity (Wildman–Crippen MR) is 62.5 cm³/mol. The van der Waals surface area contributed by atoms with E-state index >= 15 is 0 Å². The molecule has 0 amide bonds. The third-order valence-corrected chi connectivity index (χ3v) is 2.88. The molecule has 1 heterocycles. The van der Waals surface area contributed by atoms with E-state index in [-0.39, 0.29) is 11.8 Å². The highest BCUT2D eigenvalue weighted by atomic mass is 19.3. The lowest BCUT2D eigenvalue weighted by Gasteiger charge is -2.32. The zero-order valence-corrected chi connectivity index (χ0v) is 9.48. The van der Waals surface area contributed by atoms with Crippen LogP contribution in [-0.4, -0.2) is 25.7 Å². The van der Waals surface area contributed by atoms with E-state index in [4.69, 9.17) is 5.73 Å². The smallest absolute Gasteiger partial charge is 0.387 e. The van der Waals surface area contributed by atoms with Gasteiger partial charge >= 0.3 is 6.61 Å². The van der Waals surface area contributed by atoms with Crippen LogP contribution in [0.25, 0.3) is 0 Å². The van der Waals surface area contributed by atoms with Crippen LogP contribution in [-0.2, 0) is 0 Å². The number of nitrogens with two attached hydrogens (primary N) is 1. The summed E-state index contributed by atoms with van der Waals surface area (Å²) in [4.78, 5) is 2.17. The highest BCUT2D eigenvalue weighted by Gasteiger charge is 2.16. The van der Waals surface area contributed by atoms with Gasteiger partial charge in [0, 0.05) is 24.8 Å². The topological polar surface area (TPSA) is 38.5 Å². The maximum atomic E-state index is 12.0. The van der Waals surface area contributed by atoms with E-state index in [2.05, 4.69) is 9.64 Å². The normalized spacial score (nSPS) is 20.7. The molecule has 1 aromatic carbocycles. The Morgan fingerprint density at radius 1 is 1.29 bits per heavy atom. The lowest BCUT2D eigenvalue weighted by atomic mass is 10.1. The first-order valence-corrected chi connectivity index (χ1v) is 5.70. The van der Waals surface area contributed by atoms with Crippen LogP contribution in [0.4, 0.5) is 14.5 Å². The first kappa shape index (κ1) is 12.1. The second-order valence-electron chi connectivity index (χ2n) is 4.22. The van der Waals surface area contributed by atoms with Crippen molar-refractivity contribution in [3.05, 3.63) is 24.3 Å². The van der Waals surface area contributed by atoms with Crippen LogP contribution in [0.1, 0.15) is 12.8 Å². The standard InChI is InChI=1S/C12H16F2N2O/c13-12(14)17-11-5-3-10(4-6-11)16-7-1-2-9(15)8-16/h3-6,9,12H,1-2,7-8,15H2. The molecule has 0 aliphatic carbocycles. The molecule has 17 heavy (non-hydrogen) atoms. The molecule has 0 bridgehead atoms. The number of piperidine rings is 1. The molecule has 5 heteroatoms. The van der Waals surface area contributed by atoms with E-state index in [0.717, 1.165) is 31.6 Å². The molecule has 1 unspecified atom stereocenters. The first-order chi connectivity index (χ1) is 8.15. The summed E-state index contributed by atoms with van der Waals surface area (Å²) < 4.78 is 28.3. The minimum absolute atomic E-state index is 0.185. The summed E-state index contributed by atoms with van der Waals surface area (Å²) in [5, 5.41) is 0. The molecule has 1 aromatic rings. The summed E-state index contributed by atoms with van der Waals surface area (Å²) >= 11 is 0. The fourth-order valence-electron chi connectivity index (χ4n) is 2.08. The van der Waals surface area contributed by atoms with Crippen LogP contribution < -0.4 is 15.4 Å². The highest BCUT2D eigenvalue weighted by Crippen LogP contribution is 2.23. The van der Waals surface area contributed by atoms with E-state index in [0.29, 0.717) is 0 Å². The number of benzene rings is 1. The highest BCUT2D eigenvalue weighted by molar-refractivity contribution is 5.49. The van der Waals surface area contributed by atoms with Gasteiger partial charge in [0.15, 0.2) is 0 Å². The van der Waals surface area contributed by atoms with Crippen LogP contribution >= 0.6 is 0 Å². The van der Waals surface area contributed by atoms with Gasteiger partial charge in [-0.3, -0.25) is 0 Å². The van der Waals surface area contributed by atoms with Crippen LogP contribution in [0.5, 0.6) is 5.75 Å². The molecular weight excluding hydrogens is 226 g/mol. The van der Waals surface area contributed by atoms with Crippen LogP contribution in [0.2, 0.25) is 0 Å². The van der Waals surface area contributed by atoms with Crippen molar-refractivity contribution in [2.45, 2.75) is 25.5 Å². The zero-order valence-electron chi connectivity index (χ0n) is 9.48. The molecule has 94 valence electrons. The molecule has 0 spiro atoms. The van der Waals surface area contributed by atoms with Gasteiger partial charge in [-0.25, -0.2) is 0 Å². The summed E-state index contributed by atoms with van der Waals surface area (Å²) in [6, 6.07) is 6.88. The maximum Gasteiger partial charge on any atom is 0.387 e. The fraction of sp³-hybridized carbons (Fsp3) is 0.500. The van der Waals surface area contributed by atoms with Gasteiger partial charge in [-0.15, -0.1) is 0 Å². The number of alkyl halides is 2. The number of ether oxygens (including phenoxy) is 1. The molecule has 2 N–H and O–H groups in total. The fourth-order valence-corrected chi connectivity index (χ4v) is 2.08. The summed E-state index contributed by atoms with van der Waals surface area (Å²) in [6.07, 6.45) is 2.11. The molecule has 0 aromatic heterocycles. The first-order valence-electron chi connectivity index (χ1n) is 5.70. The molecular formula is C12H16F2N2O. The van der Waals surface area contributed by atoms with E-state index in [9.17, 15) is 8.78 Å². The lowest BCUT2D eigenvalue weighted by Crippen LogP contribution is -2.42. The van der Waals surface area contributed by atoms with Crippen molar-refractivity contribution in [3.63, 3.8) is 0 Å². The van der Waals surface area contributed by atoms with Crippen LogP contribution in [0.15, 0.2) is 24.3 Å². The molecule has 0 saturated carbocycles. The van der Waals surface area contributed by atoms with E-state index in [1.807, 2.05) is 0 Å². The Morgan fingerprint density at radius 2 is 2.00 bits per heavy atom. The minimum atomic E-state index is -2.77.